The zero-order valence-corrected chi connectivity index (χ0v) is 9.77. The average Bonchev–Trinajstić information content (AvgIpc) is 2.40. The van der Waals surface area contributed by atoms with Crippen molar-refractivity contribution in [3.05, 3.63) is 0 Å². The molecule has 0 saturated carbocycles. The lowest BCUT2D eigenvalue weighted by atomic mass is 10.00. The summed E-state index contributed by atoms with van der Waals surface area (Å²) < 4.78 is 0. The molecule has 0 radical (unpaired) electrons. The molecule has 5 heteroatoms. The highest BCUT2D eigenvalue weighted by molar-refractivity contribution is 6.05. The molecule has 3 unspecified atom stereocenters. The van der Waals surface area contributed by atoms with E-state index in [-0.39, 0.29) is 36.1 Å². The van der Waals surface area contributed by atoms with E-state index in [1.807, 2.05) is 0 Å². The number of aliphatic carboxylic acids is 1. The van der Waals surface area contributed by atoms with Gasteiger partial charge in [0.25, 0.3) is 0 Å². The summed E-state index contributed by atoms with van der Waals surface area (Å²) in [5.41, 5.74) is 0. The van der Waals surface area contributed by atoms with Gasteiger partial charge in [-0.25, -0.2) is 0 Å². The molecule has 1 rings (SSSR count). The Bertz CT molecular complexity index is 306. The Kier molecular flexibility index (Phi) is 3.67. The largest absolute Gasteiger partial charge is 0.481 e. The smallest absolute Gasteiger partial charge is 0.303 e. The van der Waals surface area contributed by atoms with Crippen LogP contribution in [0, 0.1) is 11.8 Å². The summed E-state index contributed by atoms with van der Waals surface area (Å²) in [7, 11) is 0. The summed E-state index contributed by atoms with van der Waals surface area (Å²) in [4.78, 5) is 35.2. The lowest BCUT2D eigenvalue weighted by molar-refractivity contribution is -0.144. The highest BCUT2D eigenvalue weighted by Crippen LogP contribution is 2.28. The fraction of sp³-hybridized carbons (Fsp3) is 0.727. The topological polar surface area (TPSA) is 74.7 Å². The van der Waals surface area contributed by atoms with E-state index in [1.54, 1.807) is 20.8 Å². The fourth-order valence-corrected chi connectivity index (χ4v) is 1.87. The maximum atomic E-state index is 11.8. The lowest BCUT2D eigenvalue weighted by Crippen LogP contribution is -2.39. The van der Waals surface area contributed by atoms with Gasteiger partial charge in [-0.3, -0.25) is 19.3 Å². The second-order valence-corrected chi connectivity index (χ2v) is 4.41. The number of hydrogen-bond donors (Lipinski definition) is 1. The molecule has 0 spiro atoms. The molecule has 0 aliphatic carbocycles. The number of rotatable bonds is 4. The fourth-order valence-electron chi connectivity index (χ4n) is 1.87. The summed E-state index contributed by atoms with van der Waals surface area (Å²) in [5, 5.41) is 8.55. The van der Waals surface area contributed by atoms with E-state index in [2.05, 4.69) is 0 Å². The Labute approximate surface area is 94.4 Å². The Balaban J connectivity index is 2.69. The van der Waals surface area contributed by atoms with E-state index in [4.69, 9.17) is 5.11 Å². The third kappa shape index (κ3) is 2.23. The summed E-state index contributed by atoms with van der Waals surface area (Å²) in [6.07, 6.45) is 0.285. The zero-order chi connectivity index (χ0) is 12.5. The number of carbonyl (C=O) groups is 3. The van der Waals surface area contributed by atoms with Crippen LogP contribution >= 0.6 is 0 Å². The van der Waals surface area contributed by atoms with Gasteiger partial charge in [0.1, 0.15) is 0 Å². The van der Waals surface area contributed by atoms with Gasteiger partial charge in [-0.05, 0) is 13.3 Å². The third-order valence-electron chi connectivity index (χ3n) is 3.22. The molecule has 0 bridgehead atoms. The van der Waals surface area contributed by atoms with E-state index in [0.717, 1.165) is 0 Å². The summed E-state index contributed by atoms with van der Waals surface area (Å²) >= 11 is 0. The first-order chi connectivity index (χ1) is 7.36. The van der Waals surface area contributed by atoms with Gasteiger partial charge in [-0.2, -0.15) is 0 Å². The quantitative estimate of drug-likeness (QED) is 0.723. The van der Waals surface area contributed by atoms with Crippen LogP contribution in [0.4, 0.5) is 0 Å². The van der Waals surface area contributed by atoms with Gasteiger partial charge in [0.15, 0.2) is 0 Å². The molecule has 1 N–H and O–H groups in total. The molecule has 0 aromatic rings. The minimum absolute atomic E-state index is 0.0268. The van der Waals surface area contributed by atoms with Crippen molar-refractivity contribution in [3.63, 3.8) is 0 Å². The van der Waals surface area contributed by atoms with Crippen molar-refractivity contribution < 1.29 is 19.5 Å². The van der Waals surface area contributed by atoms with Crippen LogP contribution in [-0.2, 0) is 14.4 Å². The van der Waals surface area contributed by atoms with Crippen LogP contribution in [0.25, 0.3) is 0 Å². The second kappa shape index (κ2) is 4.63. The Morgan fingerprint density at radius 1 is 1.31 bits per heavy atom. The number of imide groups is 1. The van der Waals surface area contributed by atoms with E-state index >= 15 is 0 Å². The van der Waals surface area contributed by atoms with Crippen molar-refractivity contribution in [2.45, 2.75) is 39.7 Å². The van der Waals surface area contributed by atoms with Crippen molar-refractivity contribution >= 4 is 17.8 Å². The van der Waals surface area contributed by atoms with E-state index in [1.165, 1.54) is 4.90 Å². The van der Waals surface area contributed by atoms with Crippen LogP contribution in [0.3, 0.4) is 0 Å². The van der Waals surface area contributed by atoms with Crippen LogP contribution in [0.2, 0.25) is 0 Å². The van der Waals surface area contributed by atoms with E-state index in [0.29, 0.717) is 6.42 Å². The molecule has 1 aliphatic rings. The van der Waals surface area contributed by atoms with Gasteiger partial charge in [0.2, 0.25) is 11.8 Å². The average molecular weight is 227 g/mol. The van der Waals surface area contributed by atoms with Crippen LogP contribution in [0.5, 0.6) is 0 Å². The maximum absolute atomic E-state index is 11.8. The molecule has 16 heavy (non-hydrogen) atoms. The molecule has 0 aromatic carbocycles. The van der Waals surface area contributed by atoms with Crippen molar-refractivity contribution in [2.75, 3.05) is 0 Å². The predicted octanol–water partition coefficient (Wildman–Crippen LogP) is 0.881. The van der Waals surface area contributed by atoms with Crippen LogP contribution in [0.1, 0.15) is 33.6 Å². The molecule has 90 valence electrons. The number of carboxylic acids is 1. The summed E-state index contributed by atoms with van der Waals surface area (Å²) in [6, 6.07) is -0.330. The normalized spacial score (nSPS) is 27.3. The van der Waals surface area contributed by atoms with Gasteiger partial charge in [-0.1, -0.05) is 13.8 Å². The zero-order valence-electron chi connectivity index (χ0n) is 9.77. The predicted molar refractivity (Wildman–Crippen MR) is 56.5 cm³/mol. The lowest BCUT2D eigenvalue weighted by Gasteiger charge is -2.22. The van der Waals surface area contributed by atoms with Gasteiger partial charge in [0, 0.05) is 24.3 Å². The minimum Gasteiger partial charge on any atom is -0.481 e. The molecule has 1 saturated heterocycles. The first kappa shape index (κ1) is 12.7. The van der Waals surface area contributed by atoms with E-state index in [9.17, 15) is 14.4 Å². The number of hydrogen-bond acceptors (Lipinski definition) is 3. The van der Waals surface area contributed by atoms with E-state index < -0.39 is 5.97 Å². The van der Waals surface area contributed by atoms with Gasteiger partial charge >= 0.3 is 5.97 Å². The van der Waals surface area contributed by atoms with Crippen molar-refractivity contribution in [3.8, 4) is 0 Å². The minimum atomic E-state index is -0.910. The second-order valence-electron chi connectivity index (χ2n) is 4.41. The Morgan fingerprint density at radius 2 is 1.75 bits per heavy atom. The number of nitrogens with zero attached hydrogens (tertiary/aromatic N) is 1. The van der Waals surface area contributed by atoms with Crippen molar-refractivity contribution in [1.29, 1.82) is 0 Å². The molecular formula is C11H17NO4. The third-order valence-corrected chi connectivity index (χ3v) is 3.22. The number of likely N-dealkylation sites (tertiary alicyclic amines) is 1. The number of carboxylic acid groups (broad SMARTS) is 1. The Morgan fingerprint density at radius 3 is 2.12 bits per heavy atom. The maximum Gasteiger partial charge on any atom is 0.303 e. The number of amides is 2. The first-order valence-electron chi connectivity index (χ1n) is 5.45. The summed E-state index contributed by atoms with van der Waals surface area (Å²) in [5.74, 6) is -1.86. The van der Waals surface area contributed by atoms with Crippen LogP contribution in [0.15, 0.2) is 0 Å². The van der Waals surface area contributed by atoms with Gasteiger partial charge in [-0.15, -0.1) is 0 Å². The van der Waals surface area contributed by atoms with Crippen LogP contribution in [-0.4, -0.2) is 33.8 Å². The first-order valence-corrected chi connectivity index (χ1v) is 5.45. The van der Waals surface area contributed by atoms with Crippen molar-refractivity contribution in [1.82, 2.24) is 4.90 Å². The molecule has 3 atom stereocenters. The highest BCUT2D eigenvalue weighted by Gasteiger charge is 2.44. The summed E-state index contributed by atoms with van der Waals surface area (Å²) in [6.45, 7) is 5.17. The molecule has 0 aromatic heterocycles. The molecule has 1 fully saturated rings. The van der Waals surface area contributed by atoms with Crippen LogP contribution < -0.4 is 0 Å². The SMILES string of the molecule is CC1C(=O)N(C(C)CCC(=O)O)C(=O)C1C. The molecule has 1 heterocycles. The van der Waals surface area contributed by atoms with Crippen molar-refractivity contribution in [2.24, 2.45) is 11.8 Å². The monoisotopic (exact) mass is 227 g/mol. The molecular weight excluding hydrogens is 210 g/mol. The molecule has 2 amide bonds. The molecule has 5 nitrogen and oxygen atoms in total. The standard InChI is InChI=1S/C11H17NO4/c1-6(4-5-9(13)14)12-10(15)7(2)8(3)11(12)16/h6-8H,4-5H2,1-3H3,(H,13,14). The highest BCUT2D eigenvalue weighted by atomic mass is 16.4. The Hall–Kier alpha value is -1.39. The van der Waals surface area contributed by atoms with Gasteiger partial charge < -0.3 is 5.11 Å². The molecule has 1 aliphatic heterocycles. The van der Waals surface area contributed by atoms with Gasteiger partial charge in [0.05, 0.1) is 0 Å². The number of carbonyl (C=O) groups excluding carboxylic acids is 2.